The van der Waals surface area contributed by atoms with Crippen LogP contribution in [-0.2, 0) is 26.4 Å². The van der Waals surface area contributed by atoms with Crippen molar-refractivity contribution in [2.75, 3.05) is 6.61 Å². The highest BCUT2D eigenvalue weighted by Crippen LogP contribution is 2.74. The summed E-state index contributed by atoms with van der Waals surface area (Å²) in [4.78, 5) is 17.6. The summed E-state index contributed by atoms with van der Waals surface area (Å²) in [6.07, 6.45) is 3.51. The molecule has 0 aromatic carbocycles. The molecule has 0 saturated heterocycles. The average molecular weight is 822 g/mol. The number of nitrogens with one attached hydrogen (secondary N) is 1. The minimum absolute atomic E-state index is 0.0375. The number of rotatable bonds is 20. The van der Waals surface area contributed by atoms with Gasteiger partial charge >= 0.3 is 5.97 Å². The number of ether oxygens (including phenoxy) is 1. The molecule has 0 bridgehead atoms. The van der Waals surface area contributed by atoms with Gasteiger partial charge < -0.3 is 9.29 Å². The van der Waals surface area contributed by atoms with Crippen molar-refractivity contribution in [1.82, 2.24) is 9.71 Å². The lowest BCUT2D eigenvalue weighted by Gasteiger charge is -2.70. The van der Waals surface area contributed by atoms with E-state index in [9.17, 15) is 9.35 Å². The van der Waals surface area contributed by atoms with E-state index in [1.807, 2.05) is 6.07 Å². The summed E-state index contributed by atoms with van der Waals surface area (Å²) in [5.41, 5.74) is -2.70. The molecule has 298 valence electrons. The molecule has 5 unspecified atom stereocenters. The van der Waals surface area contributed by atoms with E-state index in [1.165, 1.54) is 6.92 Å². The molecule has 1 rings (SSSR count). The van der Waals surface area contributed by atoms with Gasteiger partial charge in [0.15, 0.2) is 0 Å². The van der Waals surface area contributed by atoms with Gasteiger partial charge in [-0.15, -0.1) is 4.72 Å². The number of nitrogens with zero attached hydrogens (tertiary/aromatic N) is 1. The normalized spacial score (nSPS) is 20.3. The summed E-state index contributed by atoms with van der Waals surface area (Å²) in [7, 11) is -2.95. The van der Waals surface area contributed by atoms with Crippen molar-refractivity contribution in [2.24, 2.45) is 21.7 Å². The van der Waals surface area contributed by atoms with Gasteiger partial charge in [-0.1, -0.05) is 121 Å². The molecule has 0 spiro atoms. The predicted molar refractivity (Wildman–Crippen MR) is 221 cm³/mol. The first-order valence-corrected chi connectivity index (χ1v) is 24.0. The second-order valence-corrected chi connectivity index (χ2v) is 25.3. The molecule has 1 aromatic rings. The van der Waals surface area contributed by atoms with E-state index in [1.54, 1.807) is 27.7 Å². The van der Waals surface area contributed by atoms with Crippen molar-refractivity contribution < 1.29 is 22.9 Å². The van der Waals surface area contributed by atoms with Crippen LogP contribution in [0.3, 0.4) is 0 Å². The van der Waals surface area contributed by atoms with Crippen LogP contribution in [0.2, 0.25) is 17.1 Å². The van der Waals surface area contributed by atoms with E-state index in [0.29, 0.717) is 9.79 Å². The van der Waals surface area contributed by atoms with Crippen LogP contribution in [0.1, 0.15) is 169 Å². The number of aromatic nitrogens is 1. The van der Waals surface area contributed by atoms with Gasteiger partial charge in [-0.2, -0.15) is 0 Å². The highest BCUT2D eigenvalue weighted by molar-refractivity contribution is 9.10. The monoisotopic (exact) mass is 820 g/mol. The van der Waals surface area contributed by atoms with Gasteiger partial charge in [0.25, 0.3) is 0 Å². The van der Waals surface area contributed by atoms with Crippen LogP contribution in [0.25, 0.3) is 0 Å². The smallest absolute Gasteiger partial charge is 0.343 e. The Morgan fingerprint density at radius 2 is 1.31 bits per heavy atom. The van der Waals surface area contributed by atoms with Crippen LogP contribution < -0.4 is 9.91 Å². The number of hydrogen-bond donors (Lipinski definition) is 1. The Morgan fingerprint density at radius 3 is 1.67 bits per heavy atom. The molecule has 5 nitrogen and oxygen atoms in total. The van der Waals surface area contributed by atoms with Crippen LogP contribution in [0.4, 0.5) is 8.78 Å². The van der Waals surface area contributed by atoms with E-state index < -0.39 is 47.7 Å². The Hall–Kier alpha value is -0.553. The molecule has 0 amide bonds. The Kier molecular flexibility index (Phi) is 16.6. The number of carbonyl (C=O) groups excluding carboxylic acids is 1. The number of hydrogen-bond acceptors (Lipinski definition) is 5. The maximum atomic E-state index is 18.0. The molecule has 1 heterocycles. The van der Waals surface area contributed by atoms with Crippen molar-refractivity contribution in [3.05, 3.63) is 22.2 Å². The molecule has 0 aliphatic rings. The molecule has 51 heavy (non-hydrogen) atoms. The minimum Gasteiger partial charge on any atom is -0.598 e. The van der Waals surface area contributed by atoms with E-state index in [2.05, 4.69) is 116 Å². The van der Waals surface area contributed by atoms with Crippen molar-refractivity contribution in [3.8, 4) is 0 Å². The Morgan fingerprint density at radius 1 is 0.843 bits per heavy atom. The van der Waals surface area contributed by atoms with Gasteiger partial charge in [0, 0.05) is 11.4 Å². The number of esters is 1. The summed E-state index contributed by atoms with van der Waals surface area (Å²) >= 11 is 1.74. The summed E-state index contributed by atoms with van der Waals surface area (Å²) < 4.78 is 55.7. The summed E-state index contributed by atoms with van der Waals surface area (Å²) in [6, 6.07) is 3.34. The number of alkyl halides is 1. The third kappa shape index (κ3) is 7.67. The molecule has 10 heteroatoms. The van der Waals surface area contributed by atoms with Crippen LogP contribution in [0.15, 0.2) is 10.7 Å². The Balaban J connectivity index is 4.56. The molecule has 1 N–H and O–H groups in total. The quantitative estimate of drug-likeness (QED) is 0.0614. The highest BCUT2D eigenvalue weighted by atomic mass is 79.9. The van der Waals surface area contributed by atoms with Crippen molar-refractivity contribution in [1.29, 1.82) is 0 Å². The maximum Gasteiger partial charge on any atom is 0.343 e. The average Bonchev–Trinajstić information content (AvgIpc) is 3.10. The lowest BCUT2D eigenvalue weighted by molar-refractivity contribution is -0.157. The van der Waals surface area contributed by atoms with Crippen LogP contribution in [-0.4, -0.2) is 41.1 Å². The first kappa shape index (κ1) is 48.5. The van der Waals surface area contributed by atoms with E-state index in [4.69, 9.17) is 4.74 Å². The second-order valence-electron chi connectivity index (χ2n) is 17.3. The van der Waals surface area contributed by atoms with Crippen LogP contribution >= 0.6 is 15.9 Å². The maximum absolute atomic E-state index is 18.0. The summed E-state index contributed by atoms with van der Waals surface area (Å²) in [5.74, 6) is -1.77. The molecule has 0 saturated carbocycles. The largest absolute Gasteiger partial charge is 0.598 e. The number of pyridine rings is 1. The van der Waals surface area contributed by atoms with Gasteiger partial charge in [-0.05, 0) is 108 Å². The lowest BCUT2D eigenvalue weighted by atomic mass is 9.40. The molecule has 0 aliphatic carbocycles. The molecule has 0 aliphatic heterocycles. The first-order valence-electron chi connectivity index (χ1n) is 19.7. The van der Waals surface area contributed by atoms with Gasteiger partial charge in [-0.3, -0.25) is 0 Å². The van der Waals surface area contributed by atoms with Gasteiger partial charge in [0.05, 0.1) is 14.7 Å². The zero-order valence-corrected chi connectivity index (χ0v) is 39.1. The number of carbonyl (C=O) groups is 1. The fourth-order valence-electron chi connectivity index (χ4n) is 10.5. The SMILES string of the molecule is CCOC(=O)[C@H](F)[C@](C)(N[S+]([O-])C(C)(C)C)c1nc(Br)cc([Si](CC)(CC)C(C)(CC)C(C)(CC)C(C)(CC)C(C)(CC)C(C)(CC)CC)c1F. The standard InChI is InChI=1S/C41H75BrF2N2O3SSi/c1-19-36(13,20-2)37(14,21-3)38(15,22-4)39(16,23-5)40(17,24-6)51(26-8,27-9)29-28-30(42)45-33(31(29)43)41(18,32(44)34(47)49-25-7)46-50(48)35(10,11)12/h28,32,46H,19-27H2,1-18H3/t32-,37?,38?,39?,40?,41-,50?/m0/s1. The third-order valence-corrected chi connectivity index (χ3v) is 24.4. The predicted octanol–water partition coefficient (Wildman–Crippen LogP) is 12.1. The Labute approximate surface area is 324 Å². The zero-order valence-electron chi connectivity index (χ0n) is 35.7. The van der Waals surface area contributed by atoms with E-state index >= 15 is 8.78 Å². The van der Waals surface area contributed by atoms with Crippen molar-refractivity contribution in [2.45, 2.75) is 197 Å². The van der Waals surface area contributed by atoms with Crippen LogP contribution in [0, 0.1) is 27.5 Å². The molecular formula is C41H75BrF2N2O3SSi. The minimum atomic E-state index is -2.95. The molecule has 7 atom stereocenters. The van der Waals surface area contributed by atoms with Gasteiger partial charge in [-0.25, -0.2) is 18.6 Å². The molecule has 0 fully saturated rings. The summed E-state index contributed by atoms with van der Waals surface area (Å²) in [6.45, 7) is 38.9. The number of halogens is 3. The highest BCUT2D eigenvalue weighted by Gasteiger charge is 2.68. The van der Waals surface area contributed by atoms with Crippen LogP contribution in [0.5, 0.6) is 0 Å². The summed E-state index contributed by atoms with van der Waals surface area (Å²) in [5, 5.41) is 0.235. The molecular weight excluding hydrogens is 747 g/mol. The Bertz CT molecular complexity index is 1320. The zero-order chi connectivity index (χ0) is 40.2. The second kappa shape index (κ2) is 17.5. The lowest BCUT2D eigenvalue weighted by Crippen LogP contribution is -2.68. The van der Waals surface area contributed by atoms with E-state index in [0.717, 1.165) is 50.6 Å². The fourth-order valence-corrected chi connectivity index (χ4v) is 18.5. The van der Waals surface area contributed by atoms with Crippen molar-refractivity contribution >= 4 is 46.5 Å². The molecule has 1 aromatic heterocycles. The van der Waals surface area contributed by atoms with Gasteiger partial charge in [0.1, 0.15) is 26.4 Å². The van der Waals surface area contributed by atoms with E-state index in [-0.39, 0.29) is 39.0 Å². The first-order chi connectivity index (χ1) is 23.3. The molecule has 0 radical (unpaired) electrons. The van der Waals surface area contributed by atoms with Gasteiger partial charge in [0.2, 0.25) is 6.17 Å². The van der Waals surface area contributed by atoms with Crippen molar-refractivity contribution in [3.63, 3.8) is 0 Å². The topological polar surface area (TPSA) is 74.3 Å². The third-order valence-electron chi connectivity index (χ3n) is 15.4. The fraction of sp³-hybridized carbons (Fsp3) is 0.854.